The van der Waals surface area contributed by atoms with Crippen LogP contribution >= 0.6 is 15.9 Å². The smallest absolute Gasteiger partial charge is 0.152 e. The lowest BCUT2D eigenvalue weighted by Crippen LogP contribution is -2.11. The van der Waals surface area contributed by atoms with Gasteiger partial charge in [-0.25, -0.2) is 15.0 Å². The van der Waals surface area contributed by atoms with E-state index in [4.69, 9.17) is 0 Å². The predicted octanol–water partition coefficient (Wildman–Crippen LogP) is 2.45. The summed E-state index contributed by atoms with van der Waals surface area (Å²) < 4.78 is 2.62. The van der Waals surface area contributed by atoms with Crippen LogP contribution in [-0.2, 0) is 13.5 Å². The molecule has 0 bridgehead atoms. The normalized spacial score (nSPS) is 11.1. The highest BCUT2D eigenvalue weighted by Gasteiger charge is 2.11. The number of hydrogen-bond acceptors (Lipinski definition) is 5. The van der Waals surface area contributed by atoms with Gasteiger partial charge in [-0.15, -0.1) is 0 Å². The Bertz CT molecular complexity index is 593. The van der Waals surface area contributed by atoms with Crippen LogP contribution in [0.5, 0.6) is 0 Å². The summed E-state index contributed by atoms with van der Waals surface area (Å²) in [6.45, 7) is 6.88. The Balaban J connectivity index is 2.05. The van der Waals surface area contributed by atoms with Gasteiger partial charge in [0.1, 0.15) is 18.0 Å². The molecule has 0 spiro atoms. The van der Waals surface area contributed by atoms with E-state index < -0.39 is 0 Å². The molecule has 0 aliphatic heterocycles. The Labute approximate surface area is 127 Å². The van der Waals surface area contributed by atoms with Crippen LogP contribution in [0.1, 0.15) is 37.1 Å². The summed E-state index contributed by atoms with van der Waals surface area (Å²) >= 11 is 3.53. The van der Waals surface area contributed by atoms with Crippen molar-refractivity contribution in [3.05, 3.63) is 28.1 Å². The van der Waals surface area contributed by atoms with Gasteiger partial charge in [0.2, 0.25) is 0 Å². The number of rotatable bonds is 5. The minimum Gasteiger partial charge on any atom is -0.369 e. The molecule has 0 saturated carbocycles. The molecule has 2 heterocycles. The molecule has 2 aromatic rings. The van der Waals surface area contributed by atoms with Crippen molar-refractivity contribution in [2.24, 2.45) is 7.05 Å². The lowest BCUT2D eigenvalue weighted by Gasteiger charge is -2.12. The number of nitrogens with zero attached hydrogens (tertiary/aromatic N) is 5. The van der Waals surface area contributed by atoms with Crippen molar-refractivity contribution in [3.63, 3.8) is 0 Å². The number of nitrogens with one attached hydrogen (secondary N) is 1. The minimum atomic E-state index is 0.305. The molecular weight excluding hydrogens is 320 g/mol. The van der Waals surface area contributed by atoms with Crippen LogP contribution in [0.4, 0.5) is 5.82 Å². The molecule has 108 valence electrons. The maximum Gasteiger partial charge on any atom is 0.152 e. The lowest BCUT2D eigenvalue weighted by atomic mass is 10.2. The molecular formula is C13H19BrN6. The first kappa shape index (κ1) is 14.9. The molecule has 1 N–H and O–H groups in total. The average Bonchev–Trinajstić information content (AvgIpc) is 2.80. The fourth-order valence-electron chi connectivity index (χ4n) is 1.75. The number of aryl methyl sites for hydroxylation is 2. The summed E-state index contributed by atoms with van der Waals surface area (Å²) in [5.74, 6) is 2.81. The van der Waals surface area contributed by atoms with E-state index in [0.717, 1.165) is 40.6 Å². The highest BCUT2D eigenvalue weighted by atomic mass is 79.9. The van der Waals surface area contributed by atoms with E-state index in [-0.39, 0.29) is 0 Å². The molecule has 0 radical (unpaired) electrons. The Morgan fingerprint density at radius 1 is 1.35 bits per heavy atom. The summed E-state index contributed by atoms with van der Waals surface area (Å²) in [7, 11) is 1.86. The van der Waals surface area contributed by atoms with E-state index >= 15 is 0 Å². The van der Waals surface area contributed by atoms with Crippen molar-refractivity contribution >= 4 is 21.7 Å². The van der Waals surface area contributed by atoms with Gasteiger partial charge in [-0.05, 0) is 22.9 Å². The molecule has 2 aromatic heterocycles. The Kier molecular flexibility index (Phi) is 4.69. The third-order valence-corrected chi connectivity index (χ3v) is 3.79. The Morgan fingerprint density at radius 3 is 2.70 bits per heavy atom. The molecule has 0 fully saturated rings. The zero-order valence-electron chi connectivity index (χ0n) is 12.2. The first-order chi connectivity index (χ1) is 9.47. The number of halogens is 1. The second kappa shape index (κ2) is 6.30. The van der Waals surface area contributed by atoms with Crippen LogP contribution in [0.15, 0.2) is 10.8 Å². The predicted molar refractivity (Wildman–Crippen MR) is 81.8 cm³/mol. The van der Waals surface area contributed by atoms with Crippen LogP contribution in [0, 0.1) is 6.92 Å². The number of anilines is 1. The van der Waals surface area contributed by atoms with Gasteiger partial charge in [0.05, 0.1) is 10.2 Å². The van der Waals surface area contributed by atoms with Crippen molar-refractivity contribution in [1.29, 1.82) is 0 Å². The Hall–Kier alpha value is -1.50. The molecule has 6 nitrogen and oxygen atoms in total. The van der Waals surface area contributed by atoms with Crippen LogP contribution in [0.3, 0.4) is 0 Å². The van der Waals surface area contributed by atoms with Gasteiger partial charge in [-0.1, -0.05) is 13.8 Å². The summed E-state index contributed by atoms with van der Waals surface area (Å²) in [6, 6.07) is 0. The molecule has 0 unspecified atom stereocenters. The average molecular weight is 339 g/mol. The maximum absolute atomic E-state index is 4.55. The van der Waals surface area contributed by atoms with Crippen molar-refractivity contribution in [2.45, 2.75) is 33.1 Å². The first-order valence-corrected chi connectivity index (χ1v) is 7.39. The molecule has 0 aliphatic carbocycles. The van der Waals surface area contributed by atoms with E-state index in [1.165, 1.54) is 0 Å². The Morgan fingerprint density at radius 2 is 2.10 bits per heavy atom. The van der Waals surface area contributed by atoms with E-state index in [0.29, 0.717) is 5.92 Å². The fraction of sp³-hybridized carbons (Fsp3) is 0.538. The van der Waals surface area contributed by atoms with Crippen LogP contribution in [-0.4, -0.2) is 31.3 Å². The second-order valence-corrected chi connectivity index (χ2v) is 5.79. The zero-order valence-corrected chi connectivity index (χ0v) is 13.8. The highest BCUT2D eigenvalue weighted by Crippen LogP contribution is 2.25. The van der Waals surface area contributed by atoms with Crippen molar-refractivity contribution in [3.8, 4) is 0 Å². The second-order valence-electron chi connectivity index (χ2n) is 5.00. The van der Waals surface area contributed by atoms with Gasteiger partial charge in [0, 0.05) is 25.9 Å². The van der Waals surface area contributed by atoms with E-state index in [2.05, 4.69) is 55.1 Å². The van der Waals surface area contributed by atoms with Crippen LogP contribution < -0.4 is 5.32 Å². The molecule has 20 heavy (non-hydrogen) atoms. The number of aromatic nitrogens is 5. The van der Waals surface area contributed by atoms with Gasteiger partial charge in [0.15, 0.2) is 5.82 Å². The fourth-order valence-corrected chi connectivity index (χ4v) is 2.06. The lowest BCUT2D eigenvalue weighted by molar-refractivity contribution is 0.740. The molecule has 2 rings (SSSR count). The topological polar surface area (TPSA) is 68.5 Å². The molecule has 0 aliphatic rings. The minimum absolute atomic E-state index is 0.305. The van der Waals surface area contributed by atoms with Crippen LogP contribution in [0.2, 0.25) is 0 Å². The van der Waals surface area contributed by atoms with Crippen molar-refractivity contribution < 1.29 is 0 Å². The van der Waals surface area contributed by atoms with Gasteiger partial charge >= 0.3 is 0 Å². The van der Waals surface area contributed by atoms with Gasteiger partial charge in [-0.2, -0.15) is 5.10 Å². The summed E-state index contributed by atoms with van der Waals surface area (Å²) in [5, 5.41) is 7.57. The maximum atomic E-state index is 4.55. The molecule has 0 atom stereocenters. The third kappa shape index (κ3) is 3.53. The van der Waals surface area contributed by atoms with E-state index in [1.807, 2.05) is 14.0 Å². The summed E-state index contributed by atoms with van der Waals surface area (Å²) in [6.07, 6.45) is 2.46. The standard InChI is InChI=1S/C13H19BrN6/c1-8(2)12-17-9(3)11(14)13(18-12)15-6-5-10-16-7-20(4)19-10/h7-8H,5-6H2,1-4H3,(H,15,17,18). The van der Waals surface area contributed by atoms with Gasteiger partial charge in [0.25, 0.3) is 0 Å². The molecule has 7 heteroatoms. The van der Waals surface area contributed by atoms with Crippen molar-refractivity contribution in [1.82, 2.24) is 24.7 Å². The first-order valence-electron chi connectivity index (χ1n) is 6.59. The van der Waals surface area contributed by atoms with Gasteiger partial charge in [-0.3, -0.25) is 4.68 Å². The van der Waals surface area contributed by atoms with Gasteiger partial charge < -0.3 is 5.32 Å². The highest BCUT2D eigenvalue weighted by molar-refractivity contribution is 9.10. The summed E-state index contributed by atoms with van der Waals surface area (Å²) in [5.41, 5.74) is 0.946. The molecule has 0 amide bonds. The van der Waals surface area contributed by atoms with E-state index in [1.54, 1.807) is 11.0 Å². The zero-order chi connectivity index (χ0) is 14.7. The van der Waals surface area contributed by atoms with Crippen molar-refractivity contribution in [2.75, 3.05) is 11.9 Å². The largest absolute Gasteiger partial charge is 0.369 e. The third-order valence-electron chi connectivity index (χ3n) is 2.84. The quantitative estimate of drug-likeness (QED) is 0.906. The monoisotopic (exact) mass is 338 g/mol. The van der Waals surface area contributed by atoms with Crippen LogP contribution in [0.25, 0.3) is 0 Å². The SMILES string of the molecule is Cc1nc(C(C)C)nc(NCCc2ncn(C)n2)c1Br. The molecule has 0 aromatic carbocycles. The summed E-state index contributed by atoms with van der Waals surface area (Å²) in [4.78, 5) is 13.2. The number of hydrogen-bond donors (Lipinski definition) is 1. The van der Waals surface area contributed by atoms with E-state index in [9.17, 15) is 0 Å². The molecule has 0 saturated heterocycles.